The molecule has 1 amide bonds. The maximum atomic E-state index is 12.3. The van der Waals surface area contributed by atoms with E-state index in [0.29, 0.717) is 11.8 Å². The first-order valence-corrected chi connectivity index (χ1v) is 9.43. The molecule has 1 atom stereocenters. The minimum atomic E-state index is -4.92. The molecule has 1 unspecified atom stereocenters. The zero-order valence-corrected chi connectivity index (χ0v) is 19.0. The molecule has 13 heteroatoms. The fourth-order valence-corrected chi connectivity index (χ4v) is 2.67. The Balaban J connectivity index is 0.00000450. The van der Waals surface area contributed by atoms with Crippen molar-refractivity contribution in [3.63, 3.8) is 0 Å². The number of anilines is 1. The Bertz CT molecular complexity index is 1100. The van der Waals surface area contributed by atoms with Gasteiger partial charge in [-0.1, -0.05) is 17.7 Å². The number of azo groups is 1. The molecule has 0 radical (unpaired) electrons. The monoisotopic (exact) mass is 442 g/mol. The fourth-order valence-electron chi connectivity index (χ4n) is 2.18. The summed E-state index contributed by atoms with van der Waals surface area (Å²) in [6.07, 6.45) is 0. The Kier molecular flexibility index (Phi) is 8.93. The third kappa shape index (κ3) is 6.78. The van der Waals surface area contributed by atoms with Crippen molar-refractivity contribution >= 4 is 38.9 Å². The quantitative estimate of drug-likeness (QED) is 0.150. The Labute approximate surface area is 193 Å². The van der Waals surface area contributed by atoms with Gasteiger partial charge in [0.2, 0.25) is 6.04 Å². The molecule has 0 bridgehead atoms. The summed E-state index contributed by atoms with van der Waals surface area (Å²) in [6.45, 7) is 2.95. The van der Waals surface area contributed by atoms with Gasteiger partial charge in [-0.25, -0.2) is 8.42 Å². The normalized spacial score (nSPS) is 12.1. The molecule has 0 heterocycles. The number of Topliss-reactive ketones (excluding diaryl/α,β-unsaturated/α-hetero) is 1. The van der Waals surface area contributed by atoms with Crippen LogP contribution >= 0.6 is 0 Å². The molecule has 0 aliphatic carbocycles. The van der Waals surface area contributed by atoms with Crippen LogP contribution in [0.4, 0.5) is 17.1 Å². The topological polar surface area (TPSA) is 171 Å². The van der Waals surface area contributed by atoms with Crippen LogP contribution < -0.4 is 34.9 Å². The predicted molar refractivity (Wildman–Crippen MR) is 99.9 cm³/mol. The largest absolute Gasteiger partial charge is 1.00 e. The Hall–Kier alpha value is -2.51. The summed E-state index contributed by atoms with van der Waals surface area (Å²) in [4.78, 5) is 33.5. The van der Waals surface area contributed by atoms with Crippen molar-refractivity contribution in [2.24, 2.45) is 10.2 Å². The van der Waals surface area contributed by atoms with Gasteiger partial charge in [-0.3, -0.25) is 19.7 Å². The second kappa shape index (κ2) is 10.5. The number of hydrogen-bond acceptors (Lipinski definition) is 9. The van der Waals surface area contributed by atoms with Gasteiger partial charge in [0.15, 0.2) is 11.5 Å². The summed E-state index contributed by atoms with van der Waals surface area (Å²) in [7, 11) is -4.92. The third-order valence-electron chi connectivity index (χ3n) is 3.67. The molecule has 0 aliphatic rings. The number of nitrogens with one attached hydrogen (secondary N) is 1. The SMILES string of the molecule is CC(=O)C(N=Nc1ccc(S(=O)(=O)[O-])cc1[N+](=O)[O-])C(=O)Nc1ccc(C)cc1.[Na+]. The first-order valence-electron chi connectivity index (χ1n) is 8.02. The number of aryl methyl sites for hydroxylation is 1. The van der Waals surface area contributed by atoms with Crippen LogP contribution in [0.15, 0.2) is 57.6 Å². The van der Waals surface area contributed by atoms with Gasteiger partial charge < -0.3 is 9.87 Å². The van der Waals surface area contributed by atoms with E-state index < -0.39 is 49.0 Å². The number of nitro groups is 1. The van der Waals surface area contributed by atoms with Gasteiger partial charge in [-0.2, -0.15) is 5.11 Å². The number of hydrogen-bond donors (Lipinski definition) is 1. The van der Waals surface area contributed by atoms with Crippen LogP contribution in [-0.4, -0.2) is 35.6 Å². The van der Waals surface area contributed by atoms with Crippen molar-refractivity contribution in [1.82, 2.24) is 0 Å². The molecule has 2 aromatic rings. The average molecular weight is 442 g/mol. The van der Waals surface area contributed by atoms with Gasteiger partial charge >= 0.3 is 29.6 Å². The van der Waals surface area contributed by atoms with Gasteiger partial charge in [0, 0.05) is 11.8 Å². The van der Waals surface area contributed by atoms with Gasteiger partial charge in [0.1, 0.15) is 10.1 Å². The molecule has 1 N–H and O–H groups in total. The van der Waals surface area contributed by atoms with E-state index in [9.17, 15) is 32.7 Å². The molecule has 0 saturated heterocycles. The number of nitrogens with zero attached hydrogens (tertiary/aromatic N) is 3. The summed E-state index contributed by atoms with van der Waals surface area (Å²) in [5.41, 5.74) is 0.142. The van der Waals surface area contributed by atoms with Crippen molar-refractivity contribution in [3.05, 3.63) is 58.1 Å². The Morgan fingerprint density at radius 1 is 1.13 bits per heavy atom. The number of ketones is 1. The van der Waals surface area contributed by atoms with E-state index in [-0.39, 0.29) is 29.6 Å². The van der Waals surface area contributed by atoms with Crippen LogP contribution in [0.1, 0.15) is 12.5 Å². The van der Waals surface area contributed by atoms with E-state index in [1.807, 2.05) is 6.92 Å². The van der Waals surface area contributed by atoms with Crippen molar-refractivity contribution in [3.8, 4) is 0 Å². The molecule has 0 aliphatic heterocycles. The van der Waals surface area contributed by atoms with Crippen LogP contribution in [0.2, 0.25) is 0 Å². The molecule has 0 spiro atoms. The van der Waals surface area contributed by atoms with Crippen molar-refractivity contribution < 1.29 is 57.0 Å². The standard InChI is InChI=1S/C17H16N4O7S.Na/c1-10-3-5-12(6-4-10)18-17(23)16(11(2)22)20-19-14-8-7-13(29(26,27)28)9-15(14)21(24)25;/h3-9,16H,1-2H3,(H,18,23)(H,26,27,28);/q;+1/p-1. The van der Waals surface area contributed by atoms with Crippen molar-refractivity contribution in [1.29, 1.82) is 0 Å². The first kappa shape index (κ1) is 25.5. The first-order chi connectivity index (χ1) is 13.5. The fraction of sp³-hybridized carbons (Fsp3) is 0.176. The van der Waals surface area contributed by atoms with Crippen molar-refractivity contribution in [2.75, 3.05) is 5.32 Å². The number of benzene rings is 2. The molecule has 2 aromatic carbocycles. The van der Waals surface area contributed by atoms with Gasteiger partial charge in [-0.15, -0.1) is 5.11 Å². The molecule has 0 aromatic heterocycles. The molecule has 0 fully saturated rings. The molecule has 30 heavy (non-hydrogen) atoms. The molecule has 0 saturated carbocycles. The van der Waals surface area contributed by atoms with E-state index in [1.54, 1.807) is 24.3 Å². The maximum Gasteiger partial charge on any atom is 1.00 e. The van der Waals surface area contributed by atoms with Crippen LogP contribution in [0, 0.1) is 17.0 Å². The van der Waals surface area contributed by atoms with Gasteiger partial charge in [-0.05, 0) is 38.1 Å². The van der Waals surface area contributed by atoms with Gasteiger partial charge in [0.25, 0.3) is 11.6 Å². The van der Waals surface area contributed by atoms with E-state index in [0.717, 1.165) is 24.6 Å². The molecule has 2 rings (SSSR count). The maximum absolute atomic E-state index is 12.3. The third-order valence-corrected chi connectivity index (χ3v) is 4.50. The zero-order chi connectivity index (χ0) is 21.8. The average Bonchev–Trinajstić information content (AvgIpc) is 2.62. The number of carbonyl (C=O) groups is 2. The second-order valence-electron chi connectivity index (χ2n) is 5.95. The van der Waals surface area contributed by atoms with E-state index >= 15 is 0 Å². The minimum Gasteiger partial charge on any atom is -0.744 e. The van der Waals surface area contributed by atoms with Crippen LogP contribution in [0.3, 0.4) is 0 Å². The number of amides is 1. The van der Waals surface area contributed by atoms with Crippen molar-refractivity contribution in [2.45, 2.75) is 24.8 Å². The predicted octanol–water partition coefficient (Wildman–Crippen LogP) is -0.509. The number of carbonyl (C=O) groups excluding carboxylic acids is 2. The smallest absolute Gasteiger partial charge is 0.744 e. The van der Waals surface area contributed by atoms with E-state index in [1.165, 1.54) is 0 Å². The van der Waals surface area contributed by atoms with Gasteiger partial charge in [0.05, 0.1) is 9.82 Å². The summed E-state index contributed by atoms with van der Waals surface area (Å²) in [6, 6.07) is 7.39. The van der Waals surface area contributed by atoms with Crippen LogP contribution in [0.5, 0.6) is 0 Å². The Morgan fingerprint density at radius 3 is 2.23 bits per heavy atom. The number of nitro benzene ring substituents is 1. The summed E-state index contributed by atoms with van der Waals surface area (Å²) in [5.74, 6) is -1.47. The Morgan fingerprint density at radius 2 is 1.73 bits per heavy atom. The van der Waals surface area contributed by atoms with E-state index in [2.05, 4.69) is 15.5 Å². The van der Waals surface area contributed by atoms with E-state index in [4.69, 9.17) is 0 Å². The van der Waals surface area contributed by atoms with Crippen LogP contribution in [-0.2, 0) is 19.7 Å². The molecule has 11 nitrogen and oxygen atoms in total. The zero-order valence-electron chi connectivity index (χ0n) is 16.2. The summed E-state index contributed by atoms with van der Waals surface area (Å²) >= 11 is 0. The summed E-state index contributed by atoms with van der Waals surface area (Å²) < 4.78 is 33.1. The number of rotatable bonds is 7. The minimum absolute atomic E-state index is 0. The van der Waals surface area contributed by atoms with Crippen LogP contribution in [0.25, 0.3) is 0 Å². The molecule has 152 valence electrons. The molecular weight excluding hydrogens is 427 g/mol. The molecular formula is C17H15N4NaO7S. The second-order valence-corrected chi connectivity index (χ2v) is 7.33. The summed E-state index contributed by atoms with van der Waals surface area (Å²) in [5, 5.41) is 20.8.